The van der Waals surface area contributed by atoms with Crippen molar-refractivity contribution in [3.63, 3.8) is 0 Å². The van der Waals surface area contributed by atoms with E-state index >= 15 is 0 Å². The Balaban J connectivity index is 2.80. The first-order valence-corrected chi connectivity index (χ1v) is 3.78. The molecule has 1 aliphatic rings. The van der Waals surface area contributed by atoms with Crippen LogP contribution < -0.4 is 0 Å². The van der Waals surface area contributed by atoms with E-state index in [9.17, 15) is 4.79 Å². The molecule has 0 fully saturated rings. The van der Waals surface area contributed by atoms with Gasteiger partial charge in [-0.3, -0.25) is 9.89 Å². The standard InChI is InChI=1S/C7H12N2O3/c1-4-3-9(7(11)12)6(8-4)5(2)10/h4-5,10H,3H2,1-2H3,(H,11,12). The fourth-order valence-electron chi connectivity index (χ4n) is 1.20. The number of aliphatic hydroxyl groups excluding tert-OH is 1. The van der Waals surface area contributed by atoms with E-state index < -0.39 is 12.2 Å². The van der Waals surface area contributed by atoms with Crippen molar-refractivity contribution in [3.8, 4) is 0 Å². The molecule has 5 heteroatoms. The van der Waals surface area contributed by atoms with Crippen LogP contribution in [0.15, 0.2) is 4.99 Å². The molecule has 0 aromatic rings. The summed E-state index contributed by atoms with van der Waals surface area (Å²) in [5, 5.41) is 17.8. The molecule has 2 N–H and O–H groups in total. The lowest BCUT2D eigenvalue weighted by atomic mass is 10.3. The second-order valence-corrected chi connectivity index (χ2v) is 2.91. The molecular formula is C7H12N2O3. The Labute approximate surface area is 70.3 Å². The molecule has 1 heterocycles. The Morgan fingerprint density at radius 1 is 1.83 bits per heavy atom. The van der Waals surface area contributed by atoms with Gasteiger partial charge >= 0.3 is 6.09 Å². The number of amides is 1. The third-order valence-electron chi connectivity index (χ3n) is 1.68. The summed E-state index contributed by atoms with van der Waals surface area (Å²) in [7, 11) is 0. The molecule has 0 radical (unpaired) electrons. The highest BCUT2D eigenvalue weighted by atomic mass is 16.4. The number of carbonyl (C=O) groups is 1. The number of rotatable bonds is 1. The number of aliphatic imine (C=N–C) groups is 1. The fourth-order valence-corrected chi connectivity index (χ4v) is 1.20. The van der Waals surface area contributed by atoms with Gasteiger partial charge in [0.25, 0.3) is 0 Å². The maximum Gasteiger partial charge on any atom is 0.412 e. The molecule has 12 heavy (non-hydrogen) atoms. The molecule has 0 aliphatic carbocycles. The molecule has 68 valence electrons. The van der Waals surface area contributed by atoms with E-state index in [0.717, 1.165) is 4.90 Å². The first kappa shape index (κ1) is 8.99. The topological polar surface area (TPSA) is 73.1 Å². The average Bonchev–Trinajstić information content (AvgIpc) is 2.31. The minimum absolute atomic E-state index is 0.0503. The molecule has 0 spiro atoms. The van der Waals surface area contributed by atoms with Crippen LogP contribution in [0.2, 0.25) is 0 Å². The van der Waals surface area contributed by atoms with Gasteiger partial charge in [-0.15, -0.1) is 0 Å². The zero-order chi connectivity index (χ0) is 9.30. The van der Waals surface area contributed by atoms with E-state index in [-0.39, 0.29) is 11.9 Å². The SMILES string of the molecule is CC1CN(C(=O)O)C(C(C)O)=N1. The lowest BCUT2D eigenvalue weighted by molar-refractivity contribution is 0.164. The summed E-state index contributed by atoms with van der Waals surface area (Å²) >= 11 is 0. The second kappa shape index (κ2) is 3.10. The van der Waals surface area contributed by atoms with Crippen LogP contribution in [-0.4, -0.2) is 45.7 Å². The second-order valence-electron chi connectivity index (χ2n) is 2.91. The first-order valence-electron chi connectivity index (χ1n) is 3.78. The molecule has 0 saturated heterocycles. The fraction of sp³-hybridized carbons (Fsp3) is 0.714. The number of aliphatic hydroxyl groups is 1. The zero-order valence-corrected chi connectivity index (χ0v) is 7.06. The van der Waals surface area contributed by atoms with Crippen LogP contribution in [0.5, 0.6) is 0 Å². The number of hydrogen-bond acceptors (Lipinski definition) is 3. The first-order chi connectivity index (χ1) is 5.52. The molecule has 0 saturated carbocycles. The van der Waals surface area contributed by atoms with Gasteiger partial charge in [0, 0.05) is 0 Å². The number of carboxylic acid groups (broad SMARTS) is 1. The Hall–Kier alpha value is -1.10. The maximum absolute atomic E-state index is 10.6. The van der Waals surface area contributed by atoms with E-state index in [2.05, 4.69) is 4.99 Å². The molecule has 0 bridgehead atoms. The Bertz CT molecular complexity index is 225. The highest BCUT2D eigenvalue weighted by Crippen LogP contribution is 2.11. The lowest BCUT2D eigenvalue weighted by Crippen LogP contribution is -2.39. The lowest BCUT2D eigenvalue weighted by Gasteiger charge is -2.15. The number of nitrogens with zero attached hydrogens (tertiary/aromatic N) is 2. The normalized spacial score (nSPS) is 25.4. The predicted molar refractivity (Wildman–Crippen MR) is 43.3 cm³/mol. The Morgan fingerprint density at radius 3 is 2.75 bits per heavy atom. The van der Waals surface area contributed by atoms with Crippen molar-refractivity contribution in [2.75, 3.05) is 6.54 Å². The van der Waals surface area contributed by atoms with Crippen LogP contribution in [0.25, 0.3) is 0 Å². The van der Waals surface area contributed by atoms with Crippen molar-refractivity contribution >= 4 is 11.9 Å². The van der Waals surface area contributed by atoms with Crippen LogP contribution in [0.4, 0.5) is 4.79 Å². The largest absolute Gasteiger partial charge is 0.465 e. The van der Waals surface area contributed by atoms with Crippen molar-refractivity contribution in [1.29, 1.82) is 0 Å². The molecule has 2 unspecified atom stereocenters. The molecular weight excluding hydrogens is 160 g/mol. The zero-order valence-electron chi connectivity index (χ0n) is 7.06. The minimum Gasteiger partial charge on any atom is -0.465 e. The number of amidine groups is 1. The highest BCUT2D eigenvalue weighted by molar-refractivity contribution is 5.98. The van der Waals surface area contributed by atoms with Gasteiger partial charge < -0.3 is 10.2 Å². The van der Waals surface area contributed by atoms with Crippen molar-refractivity contribution in [3.05, 3.63) is 0 Å². The van der Waals surface area contributed by atoms with Crippen LogP contribution in [0, 0.1) is 0 Å². The Morgan fingerprint density at radius 2 is 2.42 bits per heavy atom. The average molecular weight is 172 g/mol. The summed E-state index contributed by atoms with van der Waals surface area (Å²) in [6, 6.07) is -0.0503. The summed E-state index contributed by atoms with van der Waals surface area (Å²) < 4.78 is 0. The highest BCUT2D eigenvalue weighted by Gasteiger charge is 2.29. The smallest absolute Gasteiger partial charge is 0.412 e. The van der Waals surface area contributed by atoms with Crippen LogP contribution in [0.3, 0.4) is 0 Å². The third-order valence-corrected chi connectivity index (χ3v) is 1.68. The van der Waals surface area contributed by atoms with Gasteiger partial charge in [0.15, 0.2) is 0 Å². The van der Waals surface area contributed by atoms with E-state index in [1.165, 1.54) is 6.92 Å². The summed E-state index contributed by atoms with van der Waals surface area (Å²) in [5.74, 6) is 0.245. The van der Waals surface area contributed by atoms with Gasteiger partial charge in [0.1, 0.15) is 11.9 Å². The van der Waals surface area contributed by atoms with Crippen molar-refractivity contribution in [2.24, 2.45) is 4.99 Å². The molecule has 1 amide bonds. The summed E-state index contributed by atoms with van der Waals surface area (Å²) in [6.07, 6.45) is -1.87. The minimum atomic E-state index is -1.06. The quantitative estimate of drug-likeness (QED) is 0.591. The van der Waals surface area contributed by atoms with Gasteiger partial charge in [-0.2, -0.15) is 0 Å². The molecule has 0 aromatic heterocycles. The van der Waals surface area contributed by atoms with Crippen molar-refractivity contribution < 1.29 is 15.0 Å². The van der Waals surface area contributed by atoms with Gasteiger partial charge in [0.05, 0.1) is 12.6 Å². The van der Waals surface area contributed by atoms with Gasteiger partial charge in [-0.1, -0.05) is 0 Å². The van der Waals surface area contributed by atoms with E-state index in [1.807, 2.05) is 6.92 Å². The molecule has 2 atom stereocenters. The molecule has 5 nitrogen and oxygen atoms in total. The monoisotopic (exact) mass is 172 g/mol. The van der Waals surface area contributed by atoms with Crippen molar-refractivity contribution in [1.82, 2.24) is 4.90 Å². The van der Waals surface area contributed by atoms with Crippen molar-refractivity contribution in [2.45, 2.75) is 26.0 Å². The molecule has 1 rings (SSSR count). The number of hydrogen-bond donors (Lipinski definition) is 2. The van der Waals surface area contributed by atoms with Gasteiger partial charge in [0.2, 0.25) is 0 Å². The summed E-state index contributed by atoms with van der Waals surface area (Å²) in [5.41, 5.74) is 0. The van der Waals surface area contributed by atoms with Gasteiger partial charge in [-0.25, -0.2) is 4.79 Å². The van der Waals surface area contributed by atoms with Gasteiger partial charge in [-0.05, 0) is 13.8 Å². The summed E-state index contributed by atoms with van der Waals surface area (Å²) in [4.78, 5) is 15.7. The molecule has 0 aromatic carbocycles. The third kappa shape index (κ3) is 1.55. The van der Waals surface area contributed by atoms with Crippen LogP contribution in [0.1, 0.15) is 13.8 Å². The maximum atomic E-state index is 10.6. The predicted octanol–water partition coefficient (Wildman–Crippen LogP) is 0.148. The van der Waals surface area contributed by atoms with Crippen LogP contribution in [-0.2, 0) is 0 Å². The van der Waals surface area contributed by atoms with Crippen LogP contribution >= 0.6 is 0 Å². The van der Waals surface area contributed by atoms with E-state index in [4.69, 9.17) is 10.2 Å². The molecule has 1 aliphatic heterocycles. The van der Waals surface area contributed by atoms with E-state index in [0.29, 0.717) is 6.54 Å². The summed E-state index contributed by atoms with van der Waals surface area (Å²) in [6.45, 7) is 3.66. The Kier molecular flexibility index (Phi) is 2.32. The van der Waals surface area contributed by atoms with E-state index in [1.54, 1.807) is 0 Å².